The van der Waals surface area contributed by atoms with E-state index < -0.39 is 10.8 Å². The maximum Gasteiger partial charge on any atom is 0.282 e. The summed E-state index contributed by atoms with van der Waals surface area (Å²) < 4.78 is 6.41. The van der Waals surface area contributed by atoms with Gasteiger partial charge >= 0.3 is 0 Å². The Morgan fingerprint density at radius 2 is 2.11 bits per heavy atom. The highest BCUT2D eigenvalue weighted by Gasteiger charge is 2.20. The Balaban J connectivity index is 1.71. The molecule has 0 fully saturated rings. The highest BCUT2D eigenvalue weighted by Crippen LogP contribution is 2.22. The minimum absolute atomic E-state index is 0.0387. The summed E-state index contributed by atoms with van der Waals surface area (Å²) in [7, 11) is 0. The molecule has 138 valence electrons. The third-order valence-corrected chi connectivity index (χ3v) is 3.88. The zero-order valence-corrected chi connectivity index (χ0v) is 14.5. The lowest BCUT2D eigenvalue weighted by atomic mass is 10.1. The standard InChI is InChI=1S/C17H13ClN4O5/c18-11-3-5-14(22(25)26)12(10-11)17(24)19-7-8-21-16(23)6-4-13(20-21)15-2-1-9-27-15/h1-6,9-10H,7-8H2,(H,19,24). The summed E-state index contributed by atoms with van der Waals surface area (Å²) in [4.78, 5) is 34.6. The summed E-state index contributed by atoms with van der Waals surface area (Å²) in [5.41, 5.74) is -0.395. The van der Waals surface area contributed by atoms with E-state index in [4.69, 9.17) is 16.0 Å². The minimum atomic E-state index is -0.667. The van der Waals surface area contributed by atoms with Crippen LogP contribution in [0.1, 0.15) is 10.4 Å². The third kappa shape index (κ3) is 4.21. The van der Waals surface area contributed by atoms with Crippen molar-refractivity contribution in [2.75, 3.05) is 6.54 Å². The molecule has 0 bridgehead atoms. The molecule has 0 unspecified atom stereocenters. The smallest absolute Gasteiger partial charge is 0.282 e. The van der Waals surface area contributed by atoms with Crippen molar-refractivity contribution in [1.82, 2.24) is 15.1 Å². The lowest BCUT2D eigenvalue weighted by Gasteiger charge is -2.08. The Kier molecular flexibility index (Phi) is 5.32. The normalized spacial score (nSPS) is 10.6. The molecule has 1 amide bonds. The van der Waals surface area contributed by atoms with E-state index in [9.17, 15) is 19.7 Å². The number of carbonyl (C=O) groups is 1. The predicted octanol–water partition coefficient (Wildman–Crippen LogP) is 2.49. The van der Waals surface area contributed by atoms with E-state index in [-0.39, 0.29) is 34.9 Å². The molecule has 0 radical (unpaired) electrons. The lowest BCUT2D eigenvalue weighted by molar-refractivity contribution is -0.385. The molecule has 0 spiro atoms. The molecular weight excluding hydrogens is 376 g/mol. The number of hydrogen-bond acceptors (Lipinski definition) is 6. The quantitative estimate of drug-likeness (QED) is 0.511. The van der Waals surface area contributed by atoms with Gasteiger partial charge in [0.15, 0.2) is 5.76 Å². The first-order chi connectivity index (χ1) is 13.0. The second-order valence-electron chi connectivity index (χ2n) is 5.43. The van der Waals surface area contributed by atoms with Gasteiger partial charge in [0, 0.05) is 23.7 Å². The number of amides is 1. The van der Waals surface area contributed by atoms with Crippen LogP contribution in [0, 0.1) is 10.1 Å². The van der Waals surface area contributed by atoms with Crippen molar-refractivity contribution in [2.45, 2.75) is 6.54 Å². The van der Waals surface area contributed by atoms with Gasteiger partial charge in [0.1, 0.15) is 11.3 Å². The van der Waals surface area contributed by atoms with Crippen molar-refractivity contribution in [2.24, 2.45) is 0 Å². The van der Waals surface area contributed by atoms with Gasteiger partial charge in [-0.25, -0.2) is 4.68 Å². The van der Waals surface area contributed by atoms with Gasteiger partial charge in [0.05, 0.1) is 17.7 Å². The van der Waals surface area contributed by atoms with Crippen molar-refractivity contribution in [3.8, 4) is 11.5 Å². The van der Waals surface area contributed by atoms with Crippen LogP contribution < -0.4 is 10.9 Å². The Morgan fingerprint density at radius 1 is 1.30 bits per heavy atom. The first-order valence-corrected chi connectivity index (χ1v) is 8.17. The molecule has 0 aliphatic carbocycles. The number of nitrogens with zero attached hydrogens (tertiary/aromatic N) is 3. The fourth-order valence-corrected chi connectivity index (χ4v) is 2.56. The molecule has 0 saturated heterocycles. The predicted molar refractivity (Wildman–Crippen MR) is 96.6 cm³/mol. The van der Waals surface area contributed by atoms with E-state index in [0.29, 0.717) is 11.5 Å². The number of benzene rings is 1. The number of nitro benzene ring substituents is 1. The highest BCUT2D eigenvalue weighted by atomic mass is 35.5. The monoisotopic (exact) mass is 388 g/mol. The van der Waals surface area contributed by atoms with Crippen LogP contribution in [0.25, 0.3) is 11.5 Å². The molecule has 3 rings (SSSR count). The average molecular weight is 389 g/mol. The maximum atomic E-state index is 12.3. The zero-order chi connectivity index (χ0) is 19.4. The number of furan rings is 1. The summed E-state index contributed by atoms with van der Waals surface area (Å²) in [6.07, 6.45) is 1.49. The summed E-state index contributed by atoms with van der Waals surface area (Å²) in [6.45, 7) is 0.116. The second kappa shape index (κ2) is 7.83. The van der Waals surface area contributed by atoms with E-state index >= 15 is 0 Å². The first kappa shape index (κ1) is 18.3. The van der Waals surface area contributed by atoms with Crippen LogP contribution >= 0.6 is 11.6 Å². The van der Waals surface area contributed by atoms with Gasteiger partial charge in [-0.05, 0) is 30.3 Å². The molecule has 2 aromatic heterocycles. The molecule has 3 aromatic rings. The molecule has 2 heterocycles. The number of aromatic nitrogens is 2. The largest absolute Gasteiger partial charge is 0.463 e. The van der Waals surface area contributed by atoms with Gasteiger partial charge < -0.3 is 9.73 Å². The number of carbonyl (C=O) groups excluding carboxylic acids is 1. The molecule has 9 nitrogen and oxygen atoms in total. The van der Waals surface area contributed by atoms with Crippen LogP contribution in [0.5, 0.6) is 0 Å². The fourth-order valence-electron chi connectivity index (χ4n) is 2.38. The number of hydrogen-bond donors (Lipinski definition) is 1. The van der Waals surface area contributed by atoms with Crippen molar-refractivity contribution in [1.29, 1.82) is 0 Å². The van der Waals surface area contributed by atoms with Crippen LogP contribution in [-0.4, -0.2) is 27.2 Å². The molecule has 1 aromatic carbocycles. The van der Waals surface area contributed by atoms with Crippen molar-refractivity contribution in [3.05, 3.63) is 79.8 Å². The Labute approximate surface area is 157 Å². The minimum Gasteiger partial charge on any atom is -0.463 e. The summed E-state index contributed by atoms with van der Waals surface area (Å²) in [6, 6.07) is 10.00. The molecule has 27 heavy (non-hydrogen) atoms. The van der Waals surface area contributed by atoms with E-state index in [1.54, 1.807) is 12.1 Å². The Bertz CT molecular complexity index is 1050. The van der Waals surface area contributed by atoms with Crippen LogP contribution in [0.15, 0.2) is 57.9 Å². The molecule has 0 saturated carbocycles. The number of nitrogens with one attached hydrogen (secondary N) is 1. The molecule has 0 aliphatic rings. The van der Waals surface area contributed by atoms with Crippen LogP contribution in [0.4, 0.5) is 5.69 Å². The van der Waals surface area contributed by atoms with Crippen LogP contribution in [0.3, 0.4) is 0 Å². The van der Waals surface area contributed by atoms with Gasteiger partial charge in [0.25, 0.3) is 17.2 Å². The highest BCUT2D eigenvalue weighted by molar-refractivity contribution is 6.31. The van der Waals surface area contributed by atoms with Crippen molar-refractivity contribution >= 4 is 23.2 Å². The Hall–Kier alpha value is -3.46. The van der Waals surface area contributed by atoms with Gasteiger partial charge in [-0.2, -0.15) is 5.10 Å². The molecule has 0 atom stereocenters. The summed E-state index contributed by atoms with van der Waals surface area (Å²) in [5.74, 6) is -0.165. The number of nitro groups is 1. The lowest BCUT2D eigenvalue weighted by Crippen LogP contribution is -2.32. The van der Waals surface area contributed by atoms with E-state index in [1.165, 1.54) is 35.2 Å². The van der Waals surface area contributed by atoms with Crippen LogP contribution in [-0.2, 0) is 6.54 Å². The third-order valence-electron chi connectivity index (χ3n) is 3.65. The zero-order valence-electron chi connectivity index (χ0n) is 13.8. The average Bonchev–Trinajstić information content (AvgIpc) is 3.17. The first-order valence-electron chi connectivity index (χ1n) is 7.80. The molecule has 1 N–H and O–H groups in total. The van der Waals surface area contributed by atoms with Crippen LogP contribution in [0.2, 0.25) is 5.02 Å². The summed E-state index contributed by atoms with van der Waals surface area (Å²) >= 11 is 5.82. The molecular formula is C17H13ClN4O5. The topological polar surface area (TPSA) is 120 Å². The molecule has 0 aliphatic heterocycles. The van der Waals surface area contributed by atoms with Gasteiger partial charge in [0.2, 0.25) is 0 Å². The number of rotatable bonds is 6. The van der Waals surface area contributed by atoms with Crippen molar-refractivity contribution < 1.29 is 14.1 Å². The summed E-state index contributed by atoms with van der Waals surface area (Å²) in [5, 5.41) is 17.9. The second-order valence-corrected chi connectivity index (χ2v) is 5.87. The molecule has 10 heteroatoms. The maximum absolute atomic E-state index is 12.3. The van der Waals surface area contributed by atoms with E-state index in [2.05, 4.69) is 10.4 Å². The van der Waals surface area contributed by atoms with Gasteiger partial charge in [-0.15, -0.1) is 0 Å². The Morgan fingerprint density at radius 3 is 2.81 bits per heavy atom. The van der Waals surface area contributed by atoms with Gasteiger partial charge in [-0.1, -0.05) is 11.6 Å². The SMILES string of the molecule is O=C(NCCn1nc(-c2ccco2)ccc1=O)c1cc(Cl)ccc1[N+](=O)[O-]. The fraction of sp³-hybridized carbons (Fsp3) is 0.118. The van der Waals surface area contributed by atoms with Gasteiger partial charge in [-0.3, -0.25) is 19.7 Å². The van der Waals surface area contributed by atoms with E-state index in [0.717, 1.165) is 6.07 Å². The number of halogens is 1. The van der Waals surface area contributed by atoms with Crippen molar-refractivity contribution in [3.63, 3.8) is 0 Å². The van der Waals surface area contributed by atoms with E-state index in [1.807, 2.05) is 0 Å².